The highest BCUT2D eigenvalue weighted by atomic mass is 16.6. The first-order chi connectivity index (χ1) is 4.83. The zero-order valence-electron chi connectivity index (χ0n) is 6.13. The van der Waals surface area contributed by atoms with Crippen molar-refractivity contribution in [2.45, 2.75) is 12.5 Å². The summed E-state index contributed by atoms with van der Waals surface area (Å²) in [6.45, 7) is 1.68. The first-order valence-electron chi connectivity index (χ1n) is 3.38. The molecule has 4 nitrogen and oxygen atoms in total. The highest BCUT2D eigenvalue weighted by Gasteiger charge is 2.13. The Morgan fingerprint density at radius 1 is 1.80 bits per heavy atom. The minimum atomic E-state index is 0.197. The van der Waals surface area contributed by atoms with Crippen LogP contribution in [0.2, 0.25) is 0 Å². The lowest BCUT2D eigenvalue weighted by atomic mass is 10.1. The summed E-state index contributed by atoms with van der Waals surface area (Å²) in [5.41, 5.74) is 6.66. The summed E-state index contributed by atoms with van der Waals surface area (Å²) in [6.07, 6.45) is 0.848. The molecular formula is C6H13N3O. The van der Waals surface area contributed by atoms with Crippen LogP contribution < -0.4 is 11.1 Å². The van der Waals surface area contributed by atoms with E-state index in [1.54, 1.807) is 7.11 Å². The van der Waals surface area contributed by atoms with E-state index in [-0.39, 0.29) is 6.04 Å². The molecule has 0 aromatic heterocycles. The fourth-order valence-electron chi connectivity index (χ4n) is 1.05. The van der Waals surface area contributed by atoms with Crippen LogP contribution in [0.1, 0.15) is 6.42 Å². The van der Waals surface area contributed by atoms with Gasteiger partial charge < -0.3 is 15.9 Å². The van der Waals surface area contributed by atoms with Gasteiger partial charge in [0.2, 0.25) is 0 Å². The van der Waals surface area contributed by atoms with Crippen molar-refractivity contribution in [2.75, 3.05) is 20.2 Å². The van der Waals surface area contributed by atoms with E-state index in [1.807, 2.05) is 0 Å². The van der Waals surface area contributed by atoms with E-state index in [2.05, 4.69) is 15.3 Å². The largest absolute Gasteiger partial charge is 0.399 e. The van der Waals surface area contributed by atoms with Crippen molar-refractivity contribution in [3.8, 4) is 0 Å². The molecule has 0 aromatic carbocycles. The van der Waals surface area contributed by atoms with Crippen molar-refractivity contribution in [3.63, 3.8) is 0 Å². The first-order valence-corrected chi connectivity index (χ1v) is 3.38. The van der Waals surface area contributed by atoms with Crippen LogP contribution in [-0.4, -0.2) is 32.0 Å². The van der Waals surface area contributed by atoms with Gasteiger partial charge in [0.15, 0.2) is 0 Å². The van der Waals surface area contributed by atoms with E-state index >= 15 is 0 Å². The summed E-state index contributed by atoms with van der Waals surface area (Å²) < 4.78 is 0. The van der Waals surface area contributed by atoms with Gasteiger partial charge >= 0.3 is 0 Å². The number of nitrogens with two attached hydrogens (primary N) is 1. The summed E-state index contributed by atoms with van der Waals surface area (Å²) in [6, 6.07) is 0.197. The van der Waals surface area contributed by atoms with Gasteiger partial charge in [-0.3, -0.25) is 0 Å². The monoisotopic (exact) mass is 143 g/mol. The highest BCUT2D eigenvalue weighted by molar-refractivity contribution is 5.87. The molecule has 0 saturated carbocycles. The Kier molecular flexibility index (Phi) is 2.65. The molecule has 0 radical (unpaired) electrons. The van der Waals surface area contributed by atoms with Gasteiger partial charge in [0.1, 0.15) is 7.11 Å². The number of nitrogens with zero attached hydrogens (tertiary/aromatic N) is 1. The second-order valence-corrected chi connectivity index (χ2v) is 2.44. The topological polar surface area (TPSA) is 59.6 Å². The van der Waals surface area contributed by atoms with E-state index in [0.29, 0.717) is 0 Å². The third kappa shape index (κ3) is 1.97. The van der Waals surface area contributed by atoms with Crippen LogP contribution in [0.3, 0.4) is 0 Å². The molecule has 0 aromatic rings. The zero-order valence-corrected chi connectivity index (χ0v) is 6.13. The third-order valence-electron chi connectivity index (χ3n) is 1.45. The van der Waals surface area contributed by atoms with Crippen LogP contribution in [0.4, 0.5) is 0 Å². The summed E-state index contributed by atoms with van der Waals surface area (Å²) in [5.74, 6) is 0. The number of hydrogen-bond donors (Lipinski definition) is 2. The summed E-state index contributed by atoms with van der Waals surface area (Å²) >= 11 is 0. The molecule has 1 saturated heterocycles. The summed E-state index contributed by atoms with van der Waals surface area (Å²) in [7, 11) is 1.55. The third-order valence-corrected chi connectivity index (χ3v) is 1.45. The van der Waals surface area contributed by atoms with Gasteiger partial charge in [0.05, 0.1) is 5.71 Å². The van der Waals surface area contributed by atoms with Crippen molar-refractivity contribution in [3.05, 3.63) is 0 Å². The molecule has 1 aliphatic heterocycles. The molecule has 0 amide bonds. The van der Waals surface area contributed by atoms with Crippen molar-refractivity contribution in [2.24, 2.45) is 10.9 Å². The molecule has 1 rings (SSSR count). The maximum absolute atomic E-state index is 5.66. The van der Waals surface area contributed by atoms with Crippen molar-refractivity contribution in [1.29, 1.82) is 0 Å². The minimum absolute atomic E-state index is 0.197. The molecule has 0 spiro atoms. The maximum Gasteiger partial charge on any atom is 0.106 e. The molecule has 1 fully saturated rings. The average molecular weight is 143 g/mol. The molecule has 1 unspecified atom stereocenters. The quantitative estimate of drug-likeness (QED) is 0.478. The Morgan fingerprint density at radius 3 is 3.20 bits per heavy atom. The van der Waals surface area contributed by atoms with E-state index in [0.717, 1.165) is 25.2 Å². The fourth-order valence-corrected chi connectivity index (χ4v) is 1.05. The van der Waals surface area contributed by atoms with E-state index in [1.165, 1.54) is 0 Å². The van der Waals surface area contributed by atoms with E-state index in [4.69, 9.17) is 5.73 Å². The van der Waals surface area contributed by atoms with Crippen LogP contribution in [0.25, 0.3) is 0 Å². The van der Waals surface area contributed by atoms with Gasteiger partial charge in [-0.15, -0.1) is 0 Å². The molecule has 10 heavy (non-hydrogen) atoms. The number of oxime groups is 1. The van der Waals surface area contributed by atoms with Crippen LogP contribution in [0.15, 0.2) is 5.16 Å². The van der Waals surface area contributed by atoms with Crippen LogP contribution in [0, 0.1) is 0 Å². The maximum atomic E-state index is 5.66. The standard InChI is InChI=1S/C6H13N3O/c1-10-9-6-2-5(7)3-8-4-6/h5,8H,2-4,7H2,1H3/b9-6+. The van der Waals surface area contributed by atoms with Crippen molar-refractivity contribution < 1.29 is 4.84 Å². The summed E-state index contributed by atoms with van der Waals surface area (Å²) in [4.78, 5) is 4.62. The molecule has 1 atom stereocenters. The second kappa shape index (κ2) is 3.53. The van der Waals surface area contributed by atoms with Crippen LogP contribution in [-0.2, 0) is 4.84 Å². The molecule has 3 N–H and O–H groups in total. The number of piperidine rings is 1. The Hall–Kier alpha value is -0.610. The fraction of sp³-hybridized carbons (Fsp3) is 0.833. The normalized spacial score (nSPS) is 30.6. The molecule has 0 bridgehead atoms. The predicted molar refractivity (Wildman–Crippen MR) is 39.9 cm³/mol. The minimum Gasteiger partial charge on any atom is -0.399 e. The Morgan fingerprint density at radius 2 is 2.60 bits per heavy atom. The highest BCUT2D eigenvalue weighted by Crippen LogP contribution is 1.96. The van der Waals surface area contributed by atoms with Crippen molar-refractivity contribution in [1.82, 2.24) is 5.32 Å². The zero-order chi connectivity index (χ0) is 7.40. The molecule has 58 valence electrons. The van der Waals surface area contributed by atoms with Gasteiger partial charge in [-0.2, -0.15) is 0 Å². The summed E-state index contributed by atoms with van der Waals surface area (Å²) in [5, 5.41) is 6.94. The Balaban J connectivity index is 2.39. The van der Waals surface area contributed by atoms with Gasteiger partial charge in [0.25, 0.3) is 0 Å². The predicted octanol–water partition coefficient (Wildman–Crippen LogP) is -0.691. The van der Waals surface area contributed by atoms with Crippen LogP contribution in [0.5, 0.6) is 0 Å². The molecule has 4 heteroatoms. The van der Waals surface area contributed by atoms with Crippen LogP contribution >= 0.6 is 0 Å². The lowest BCUT2D eigenvalue weighted by molar-refractivity contribution is 0.210. The van der Waals surface area contributed by atoms with E-state index in [9.17, 15) is 0 Å². The number of nitrogens with one attached hydrogen (secondary N) is 1. The first kappa shape index (κ1) is 7.50. The van der Waals surface area contributed by atoms with Crippen molar-refractivity contribution >= 4 is 5.71 Å². The van der Waals surface area contributed by atoms with E-state index < -0.39 is 0 Å². The Labute approximate surface area is 60.4 Å². The molecule has 1 aliphatic rings. The number of hydrogen-bond acceptors (Lipinski definition) is 4. The van der Waals surface area contributed by atoms with Gasteiger partial charge in [-0.05, 0) is 0 Å². The van der Waals surface area contributed by atoms with Gasteiger partial charge in [-0.25, -0.2) is 0 Å². The Bertz CT molecular complexity index is 135. The molecule has 1 heterocycles. The molecular weight excluding hydrogens is 130 g/mol. The number of rotatable bonds is 1. The molecule has 0 aliphatic carbocycles. The second-order valence-electron chi connectivity index (χ2n) is 2.44. The van der Waals surface area contributed by atoms with Gasteiger partial charge in [0, 0.05) is 25.6 Å². The lowest BCUT2D eigenvalue weighted by Gasteiger charge is -2.19. The van der Waals surface area contributed by atoms with Gasteiger partial charge in [-0.1, -0.05) is 5.16 Å². The average Bonchev–Trinajstić information content (AvgIpc) is 1.88. The lowest BCUT2D eigenvalue weighted by Crippen LogP contribution is -2.44. The smallest absolute Gasteiger partial charge is 0.106 e. The SMILES string of the molecule is CO/N=C1/CNCC(N)C1.